The highest BCUT2D eigenvalue weighted by molar-refractivity contribution is 5.21. The highest BCUT2D eigenvalue weighted by Gasteiger charge is 2.21. The van der Waals surface area contributed by atoms with E-state index in [9.17, 15) is 0 Å². The van der Waals surface area contributed by atoms with Gasteiger partial charge in [0.25, 0.3) is 0 Å². The van der Waals surface area contributed by atoms with E-state index in [1.54, 1.807) is 0 Å². The van der Waals surface area contributed by atoms with Gasteiger partial charge in [0.15, 0.2) is 0 Å². The summed E-state index contributed by atoms with van der Waals surface area (Å²) < 4.78 is 13.7. The first-order chi connectivity index (χ1) is 10.3. The molecule has 21 heavy (non-hydrogen) atoms. The molecule has 0 saturated carbocycles. The van der Waals surface area contributed by atoms with Crippen molar-refractivity contribution in [3.63, 3.8) is 0 Å². The summed E-state index contributed by atoms with van der Waals surface area (Å²) >= 11 is 0. The predicted octanol–water partition coefficient (Wildman–Crippen LogP) is 1.70. The van der Waals surface area contributed by atoms with Gasteiger partial charge in [0.1, 0.15) is 17.7 Å². The molecule has 2 heterocycles. The summed E-state index contributed by atoms with van der Waals surface area (Å²) in [5, 5.41) is 0. The van der Waals surface area contributed by atoms with Crippen LogP contribution in [0.25, 0.3) is 0 Å². The molecule has 1 unspecified atom stereocenters. The van der Waals surface area contributed by atoms with E-state index in [-0.39, 0.29) is 6.10 Å². The van der Waals surface area contributed by atoms with Crippen LogP contribution in [0.4, 0.5) is 0 Å². The van der Waals surface area contributed by atoms with Crippen LogP contribution >= 0.6 is 0 Å². The monoisotopic (exact) mass is 287 g/mol. The number of imidazole rings is 1. The molecule has 1 fully saturated rings. The summed E-state index contributed by atoms with van der Waals surface area (Å²) in [6.45, 7) is 3.94. The fourth-order valence-corrected chi connectivity index (χ4v) is 2.50. The van der Waals surface area contributed by atoms with Crippen molar-refractivity contribution >= 4 is 0 Å². The third-order valence-corrected chi connectivity index (χ3v) is 3.65. The maximum atomic E-state index is 6.02. The Morgan fingerprint density at radius 3 is 2.95 bits per heavy atom. The Bertz CT molecular complexity index is 556. The molecule has 2 aromatic rings. The van der Waals surface area contributed by atoms with E-state index in [2.05, 4.69) is 14.5 Å². The molecule has 1 aliphatic heterocycles. The maximum absolute atomic E-state index is 6.02. The highest BCUT2D eigenvalue weighted by atomic mass is 16.5. The number of nitrogens with zero attached hydrogens (tertiary/aromatic N) is 3. The Labute approximate surface area is 125 Å². The van der Waals surface area contributed by atoms with Crippen LogP contribution in [-0.4, -0.2) is 46.9 Å². The van der Waals surface area contributed by atoms with E-state index in [4.69, 9.17) is 9.47 Å². The fourth-order valence-electron chi connectivity index (χ4n) is 2.50. The van der Waals surface area contributed by atoms with Gasteiger partial charge in [0, 0.05) is 32.5 Å². The fraction of sp³-hybridized carbons (Fsp3) is 0.438. The number of rotatable bonds is 4. The lowest BCUT2D eigenvalue weighted by atomic mass is 10.3. The molecule has 1 aromatic carbocycles. The van der Waals surface area contributed by atoms with Crippen molar-refractivity contribution < 1.29 is 9.47 Å². The minimum absolute atomic E-state index is 0.0511. The molecule has 1 atom stereocenters. The molecule has 0 N–H and O–H groups in total. The number of ether oxygens (including phenoxy) is 2. The third-order valence-electron chi connectivity index (χ3n) is 3.65. The third kappa shape index (κ3) is 3.83. The van der Waals surface area contributed by atoms with Crippen molar-refractivity contribution in [2.45, 2.75) is 12.6 Å². The molecule has 0 amide bonds. The molecule has 1 aromatic heterocycles. The second kappa shape index (κ2) is 6.74. The van der Waals surface area contributed by atoms with E-state index in [0.717, 1.165) is 37.8 Å². The van der Waals surface area contributed by atoms with Crippen molar-refractivity contribution in [2.24, 2.45) is 7.05 Å². The molecule has 1 aliphatic rings. The summed E-state index contributed by atoms with van der Waals surface area (Å²) in [6, 6.07) is 9.92. The Balaban J connectivity index is 1.62. The van der Waals surface area contributed by atoms with Gasteiger partial charge in [-0.05, 0) is 12.1 Å². The van der Waals surface area contributed by atoms with Crippen LogP contribution in [0.15, 0.2) is 42.7 Å². The summed E-state index contributed by atoms with van der Waals surface area (Å²) in [5.41, 5.74) is 0. The SMILES string of the molecule is Cn1ccnc1CN1CCOCC(Oc2ccccc2)C1. The van der Waals surface area contributed by atoms with Crippen LogP contribution in [-0.2, 0) is 18.3 Å². The van der Waals surface area contributed by atoms with Crippen molar-refractivity contribution in [3.05, 3.63) is 48.5 Å². The first kappa shape index (κ1) is 14.1. The number of aryl methyl sites for hydroxylation is 1. The smallest absolute Gasteiger partial charge is 0.135 e. The molecule has 1 saturated heterocycles. The van der Waals surface area contributed by atoms with E-state index < -0.39 is 0 Å². The van der Waals surface area contributed by atoms with E-state index in [0.29, 0.717) is 6.61 Å². The number of aromatic nitrogens is 2. The van der Waals surface area contributed by atoms with Crippen LogP contribution in [0, 0.1) is 0 Å². The topological polar surface area (TPSA) is 39.5 Å². The molecule has 5 nitrogen and oxygen atoms in total. The lowest BCUT2D eigenvalue weighted by molar-refractivity contribution is 0.0710. The number of hydrogen-bond acceptors (Lipinski definition) is 4. The molecular formula is C16H21N3O2. The lowest BCUT2D eigenvalue weighted by Crippen LogP contribution is -2.36. The van der Waals surface area contributed by atoms with E-state index >= 15 is 0 Å². The Hall–Kier alpha value is -1.85. The number of benzene rings is 1. The van der Waals surface area contributed by atoms with Crippen molar-refractivity contribution in [1.29, 1.82) is 0 Å². The standard InChI is InChI=1S/C16H21N3O2/c1-18-8-7-17-16(18)12-19-9-10-20-13-15(11-19)21-14-5-3-2-4-6-14/h2-8,15H,9-13H2,1H3. The average Bonchev–Trinajstić information content (AvgIpc) is 2.76. The summed E-state index contributed by atoms with van der Waals surface area (Å²) in [4.78, 5) is 6.73. The normalized spacial score (nSPS) is 20.1. The van der Waals surface area contributed by atoms with Gasteiger partial charge in [-0.3, -0.25) is 4.90 Å². The van der Waals surface area contributed by atoms with Crippen molar-refractivity contribution in [1.82, 2.24) is 14.5 Å². The maximum Gasteiger partial charge on any atom is 0.135 e. The molecule has 0 spiro atoms. The molecule has 0 bridgehead atoms. The Kier molecular flexibility index (Phi) is 4.52. The van der Waals surface area contributed by atoms with E-state index in [1.165, 1.54) is 0 Å². The molecule has 112 valence electrons. The van der Waals surface area contributed by atoms with Gasteiger partial charge in [0.05, 0.1) is 19.8 Å². The summed E-state index contributed by atoms with van der Waals surface area (Å²) in [7, 11) is 2.02. The van der Waals surface area contributed by atoms with Crippen LogP contribution in [0.3, 0.4) is 0 Å². The molecule has 3 rings (SSSR count). The Morgan fingerprint density at radius 2 is 2.19 bits per heavy atom. The van der Waals surface area contributed by atoms with Crippen LogP contribution in [0.1, 0.15) is 5.82 Å². The molecule has 0 aliphatic carbocycles. The number of para-hydroxylation sites is 1. The largest absolute Gasteiger partial charge is 0.487 e. The first-order valence-electron chi connectivity index (χ1n) is 7.29. The molecular weight excluding hydrogens is 266 g/mol. The van der Waals surface area contributed by atoms with Gasteiger partial charge in [0.2, 0.25) is 0 Å². The second-order valence-corrected chi connectivity index (χ2v) is 5.32. The molecule has 5 heteroatoms. The van der Waals surface area contributed by atoms with Gasteiger partial charge < -0.3 is 14.0 Å². The van der Waals surface area contributed by atoms with Crippen LogP contribution in [0.2, 0.25) is 0 Å². The zero-order chi connectivity index (χ0) is 14.5. The summed E-state index contributed by atoms with van der Waals surface area (Å²) in [5.74, 6) is 1.96. The van der Waals surface area contributed by atoms with Crippen LogP contribution in [0.5, 0.6) is 5.75 Å². The zero-order valence-electron chi connectivity index (χ0n) is 12.3. The zero-order valence-corrected chi connectivity index (χ0v) is 12.3. The molecule has 0 radical (unpaired) electrons. The lowest BCUT2D eigenvalue weighted by Gasteiger charge is -2.23. The quantitative estimate of drug-likeness (QED) is 0.858. The minimum atomic E-state index is 0.0511. The summed E-state index contributed by atoms with van der Waals surface area (Å²) in [6.07, 6.45) is 3.86. The first-order valence-corrected chi connectivity index (χ1v) is 7.29. The van der Waals surface area contributed by atoms with Crippen LogP contribution < -0.4 is 4.74 Å². The van der Waals surface area contributed by atoms with Crippen molar-refractivity contribution in [2.75, 3.05) is 26.3 Å². The second-order valence-electron chi connectivity index (χ2n) is 5.32. The minimum Gasteiger partial charge on any atom is -0.487 e. The van der Waals surface area contributed by atoms with Gasteiger partial charge in [-0.25, -0.2) is 4.98 Å². The van der Waals surface area contributed by atoms with Gasteiger partial charge in [-0.2, -0.15) is 0 Å². The average molecular weight is 287 g/mol. The Morgan fingerprint density at radius 1 is 1.33 bits per heavy atom. The predicted molar refractivity (Wildman–Crippen MR) is 80.2 cm³/mol. The highest BCUT2D eigenvalue weighted by Crippen LogP contribution is 2.14. The number of hydrogen-bond donors (Lipinski definition) is 0. The van der Waals surface area contributed by atoms with Crippen molar-refractivity contribution in [3.8, 4) is 5.75 Å². The van der Waals surface area contributed by atoms with Gasteiger partial charge >= 0.3 is 0 Å². The van der Waals surface area contributed by atoms with Gasteiger partial charge in [-0.15, -0.1) is 0 Å². The van der Waals surface area contributed by atoms with E-state index in [1.807, 2.05) is 49.8 Å². The van der Waals surface area contributed by atoms with Gasteiger partial charge in [-0.1, -0.05) is 18.2 Å².